The minimum Gasteiger partial charge on any atom is -0.478 e. The first kappa shape index (κ1) is 14.3. The van der Waals surface area contributed by atoms with Crippen molar-refractivity contribution in [2.24, 2.45) is 5.92 Å². The summed E-state index contributed by atoms with van der Waals surface area (Å²) in [6.07, 6.45) is 5.97. The first-order valence-corrected chi connectivity index (χ1v) is 6.84. The Kier molecular flexibility index (Phi) is 4.55. The van der Waals surface area contributed by atoms with E-state index >= 15 is 0 Å². The number of nitrogens with one attached hydrogen (secondary N) is 1. The van der Waals surface area contributed by atoms with Crippen LogP contribution in [-0.4, -0.2) is 40.1 Å². The molecular formula is C14H19N3O3. The number of carboxylic acids is 1. The minimum atomic E-state index is -1.06. The minimum absolute atomic E-state index is 0.0621. The van der Waals surface area contributed by atoms with Gasteiger partial charge in [0.25, 0.3) is 0 Å². The Hall–Kier alpha value is -2.11. The molecule has 0 bridgehead atoms. The third-order valence-electron chi connectivity index (χ3n) is 3.19. The topological polar surface area (TPSA) is 82.5 Å². The van der Waals surface area contributed by atoms with Gasteiger partial charge in [-0.1, -0.05) is 6.92 Å². The van der Waals surface area contributed by atoms with Crippen molar-refractivity contribution >= 4 is 17.7 Å². The summed E-state index contributed by atoms with van der Waals surface area (Å²) in [5, 5.41) is 11.6. The van der Waals surface area contributed by atoms with E-state index in [4.69, 9.17) is 5.11 Å². The van der Waals surface area contributed by atoms with Crippen LogP contribution in [0.1, 0.15) is 36.5 Å². The van der Waals surface area contributed by atoms with Crippen LogP contribution in [0, 0.1) is 5.92 Å². The zero-order valence-corrected chi connectivity index (χ0v) is 11.5. The van der Waals surface area contributed by atoms with Gasteiger partial charge in [-0.05, 0) is 31.2 Å². The number of aromatic carboxylic acids is 1. The zero-order chi connectivity index (χ0) is 14.5. The van der Waals surface area contributed by atoms with Gasteiger partial charge in [-0.15, -0.1) is 0 Å². The molecule has 0 saturated heterocycles. The van der Waals surface area contributed by atoms with Crippen LogP contribution in [0.5, 0.6) is 0 Å². The van der Waals surface area contributed by atoms with Crippen molar-refractivity contribution in [2.75, 3.05) is 18.4 Å². The summed E-state index contributed by atoms with van der Waals surface area (Å²) in [5.74, 6) is -0.437. The molecule has 1 saturated carbocycles. The maximum atomic E-state index is 12.2. The molecule has 0 aliphatic heterocycles. The third-order valence-corrected chi connectivity index (χ3v) is 3.19. The molecule has 1 heterocycles. The normalized spacial score (nSPS) is 13.8. The average Bonchev–Trinajstić information content (AvgIpc) is 3.22. The van der Waals surface area contributed by atoms with Gasteiger partial charge in [0.2, 0.25) is 0 Å². The Morgan fingerprint density at radius 1 is 1.45 bits per heavy atom. The molecule has 0 spiro atoms. The van der Waals surface area contributed by atoms with Gasteiger partial charge < -0.3 is 15.3 Å². The lowest BCUT2D eigenvalue weighted by Crippen LogP contribution is -2.37. The highest BCUT2D eigenvalue weighted by Crippen LogP contribution is 2.29. The Morgan fingerprint density at radius 3 is 2.80 bits per heavy atom. The number of anilines is 1. The molecule has 20 heavy (non-hydrogen) atoms. The van der Waals surface area contributed by atoms with Gasteiger partial charge in [-0.2, -0.15) is 0 Å². The van der Waals surface area contributed by atoms with E-state index < -0.39 is 5.97 Å². The SMILES string of the molecule is CCCN(CC1CC1)C(=O)Nc1cncc(C(=O)O)c1. The second kappa shape index (κ2) is 6.36. The molecule has 0 radical (unpaired) electrons. The van der Waals surface area contributed by atoms with Crippen molar-refractivity contribution in [3.8, 4) is 0 Å². The highest BCUT2D eigenvalue weighted by atomic mass is 16.4. The molecule has 0 atom stereocenters. The summed E-state index contributed by atoms with van der Waals surface area (Å²) in [6.45, 7) is 3.50. The quantitative estimate of drug-likeness (QED) is 0.836. The monoisotopic (exact) mass is 277 g/mol. The van der Waals surface area contributed by atoms with Crippen LogP contribution >= 0.6 is 0 Å². The maximum Gasteiger partial charge on any atom is 0.337 e. The van der Waals surface area contributed by atoms with Gasteiger partial charge in [0, 0.05) is 19.3 Å². The number of urea groups is 1. The number of carboxylic acid groups (broad SMARTS) is 1. The summed E-state index contributed by atoms with van der Waals surface area (Å²) in [7, 11) is 0. The van der Waals surface area contributed by atoms with E-state index in [9.17, 15) is 9.59 Å². The summed E-state index contributed by atoms with van der Waals surface area (Å²) in [5.41, 5.74) is 0.471. The van der Waals surface area contributed by atoms with Crippen LogP contribution in [0.2, 0.25) is 0 Å². The number of carbonyl (C=O) groups is 2. The zero-order valence-electron chi connectivity index (χ0n) is 11.5. The van der Waals surface area contributed by atoms with E-state index in [0.29, 0.717) is 18.2 Å². The molecule has 1 aliphatic rings. The lowest BCUT2D eigenvalue weighted by atomic mass is 10.2. The fourth-order valence-electron chi connectivity index (χ4n) is 1.99. The summed E-state index contributed by atoms with van der Waals surface area (Å²) in [6, 6.07) is 1.22. The first-order chi connectivity index (χ1) is 9.60. The Bertz CT molecular complexity index is 500. The van der Waals surface area contributed by atoms with Crippen LogP contribution in [0.4, 0.5) is 10.5 Å². The van der Waals surface area contributed by atoms with E-state index in [1.165, 1.54) is 31.3 Å². The molecule has 0 unspecified atom stereocenters. The number of nitrogens with zero attached hydrogens (tertiary/aromatic N) is 2. The molecule has 2 N–H and O–H groups in total. The average molecular weight is 277 g/mol. The van der Waals surface area contributed by atoms with Crippen LogP contribution in [0.25, 0.3) is 0 Å². The predicted molar refractivity (Wildman–Crippen MR) is 74.8 cm³/mol. The van der Waals surface area contributed by atoms with Crippen molar-refractivity contribution in [1.82, 2.24) is 9.88 Å². The van der Waals surface area contributed by atoms with Gasteiger partial charge in [0.15, 0.2) is 0 Å². The Morgan fingerprint density at radius 2 is 2.20 bits per heavy atom. The molecule has 1 fully saturated rings. The molecular weight excluding hydrogens is 258 g/mol. The molecule has 1 aliphatic carbocycles. The van der Waals surface area contributed by atoms with E-state index in [1.807, 2.05) is 6.92 Å². The maximum absolute atomic E-state index is 12.2. The smallest absolute Gasteiger partial charge is 0.337 e. The Labute approximate surface area is 117 Å². The van der Waals surface area contributed by atoms with E-state index in [0.717, 1.165) is 13.0 Å². The first-order valence-electron chi connectivity index (χ1n) is 6.84. The number of hydrogen-bond acceptors (Lipinski definition) is 3. The third kappa shape index (κ3) is 3.94. The second-order valence-corrected chi connectivity index (χ2v) is 5.09. The van der Waals surface area contributed by atoms with Crippen molar-refractivity contribution < 1.29 is 14.7 Å². The lowest BCUT2D eigenvalue weighted by Gasteiger charge is -2.22. The summed E-state index contributed by atoms with van der Waals surface area (Å²) < 4.78 is 0. The number of rotatable bonds is 6. The fraction of sp³-hybridized carbons (Fsp3) is 0.500. The molecule has 1 aromatic rings. The second-order valence-electron chi connectivity index (χ2n) is 5.09. The van der Waals surface area contributed by atoms with Gasteiger partial charge in [0.05, 0.1) is 17.4 Å². The van der Waals surface area contributed by atoms with E-state index in [2.05, 4.69) is 10.3 Å². The molecule has 2 amide bonds. The number of carbonyl (C=O) groups excluding carboxylic acids is 1. The molecule has 108 valence electrons. The predicted octanol–water partition coefficient (Wildman–Crippen LogP) is 2.43. The van der Waals surface area contributed by atoms with Gasteiger partial charge in [-0.3, -0.25) is 4.98 Å². The van der Waals surface area contributed by atoms with Crippen molar-refractivity contribution in [3.05, 3.63) is 24.0 Å². The molecule has 0 aromatic carbocycles. The van der Waals surface area contributed by atoms with E-state index in [-0.39, 0.29) is 11.6 Å². The highest BCUT2D eigenvalue weighted by molar-refractivity contribution is 5.92. The van der Waals surface area contributed by atoms with Crippen LogP contribution < -0.4 is 5.32 Å². The van der Waals surface area contributed by atoms with Gasteiger partial charge in [-0.25, -0.2) is 9.59 Å². The summed E-state index contributed by atoms with van der Waals surface area (Å²) >= 11 is 0. The standard InChI is InChI=1S/C14H19N3O3/c1-2-5-17(9-10-3-4-10)14(20)16-12-6-11(13(18)19)7-15-8-12/h6-8,10H,2-5,9H2,1H3,(H,16,20)(H,18,19). The van der Waals surface area contributed by atoms with E-state index in [1.54, 1.807) is 4.90 Å². The molecule has 6 heteroatoms. The molecule has 1 aromatic heterocycles. The fourth-order valence-corrected chi connectivity index (χ4v) is 1.99. The lowest BCUT2D eigenvalue weighted by molar-refractivity contribution is 0.0696. The number of aromatic nitrogens is 1. The van der Waals surface area contributed by atoms with Crippen molar-refractivity contribution in [2.45, 2.75) is 26.2 Å². The molecule has 6 nitrogen and oxygen atoms in total. The van der Waals surface area contributed by atoms with Gasteiger partial charge >= 0.3 is 12.0 Å². The van der Waals surface area contributed by atoms with Crippen molar-refractivity contribution in [1.29, 1.82) is 0 Å². The molecule has 2 rings (SSSR count). The number of pyridine rings is 1. The van der Waals surface area contributed by atoms with Crippen LogP contribution in [0.3, 0.4) is 0 Å². The largest absolute Gasteiger partial charge is 0.478 e. The Balaban J connectivity index is 2.00. The number of hydrogen-bond donors (Lipinski definition) is 2. The van der Waals surface area contributed by atoms with Crippen LogP contribution in [0.15, 0.2) is 18.5 Å². The van der Waals surface area contributed by atoms with Crippen molar-refractivity contribution in [3.63, 3.8) is 0 Å². The summed E-state index contributed by atoms with van der Waals surface area (Å²) in [4.78, 5) is 28.7. The van der Waals surface area contributed by atoms with Crippen LogP contribution in [-0.2, 0) is 0 Å². The van der Waals surface area contributed by atoms with Gasteiger partial charge in [0.1, 0.15) is 0 Å². The number of amides is 2. The highest BCUT2D eigenvalue weighted by Gasteiger charge is 2.26.